The van der Waals surface area contributed by atoms with Gasteiger partial charge in [0.05, 0.1) is 26.2 Å². The first-order valence-corrected chi connectivity index (χ1v) is 8.90. The molecular formula is C21H24N2O4. The Balaban J connectivity index is 2.06. The average molecular weight is 368 g/mol. The zero-order valence-corrected chi connectivity index (χ0v) is 15.8. The number of anilines is 1. The summed E-state index contributed by atoms with van der Waals surface area (Å²) in [5.74, 6) is 0.0714. The molecule has 0 spiro atoms. The number of hydrogen-bond acceptors (Lipinski definition) is 4. The second-order valence-electron chi connectivity index (χ2n) is 6.63. The van der Waals surface area contributed by atoms with Crippen molar-refractivity contribution in [3.05, 3.63) is 59.7 Å². The number of aryl methyl sites for hydroxylation is 1. The van der Waals surface area contributed by atoms with Crippen LogP contribution >= 0.6 is 0 Å². The van der Waals surface area contributed by atoms with Crippen molar-refractivity contribution in [2.24, 2.45) is 5.92 Å². The Hall–Kier alpha value is -2.86. The predicted octanol–water partition coefficient (Wildman–Crippen LogP) is 3.17. The number of nitrogens with one attached hydrogen (secondary N) is 1. The number of nitrogens with zero attached hydrogens (tertiary/aromatic N) is 1. The Kier molecular flexibility index (Phi) is 5.76. The molecule has 2 atom stereocenters. The van der Waals surface area contributed by atoms with Gasteiger partial charge >= 0.3 is 0 Å². The third kappa shape index (κ3) is 3.95. The van der Waals surface area contributed by atoms with Crippen LogP contribution in [-0.4, -0.2) is 26.0 Å². The number of carbonyl (C=O) groups is 2. The highest BCUT2D eigenvalue weighted by molar-refractivity contribution is 5.97. The van der Waals surface area contributed by atoms with Gasteiger partial charge in [-0.25, -0.2) is 5.48 Å². The van der Waals surface area contributed by atoms with E-state index in [0.717, 1.165) is 22.6 Å². The topological polar surface area (TPSA) is 67.9 Å². The van der Waals surface area contributed by atoms with Crippen molar-refractivity contribution >= 4 is 17.5 Å². The molecule has 2 unspecified atom stereocenters. The maximum Gasteiger partial charge on any atom is 0.249 e. The van der Waals surface area contributed by atoms with Gasteiger partial charge in [0.1, 0.15) is 5.75 Å². The second kappa shape index (κ2) is 8.22. The monoisotopic (exact) mass is 368 g/mol. The van der Waals surface area contributed by atoms with Gasteiger partial charge in [0.15, 0.2) is 0 Å². The molecule has 1 heterocycles. The van der Waals surface area contributed by atoms with Crippen molar-refractivity contribution in [1.29, 1.82) is 0 Å². The molecule has 142 valence electrons. The Bertz CT molecular complexity index is 802. The molecule has 0 aliphatic carbocycles. The summed E-state index contributed by atoms with van der Waals surface area (Å²) < 4.78 is 5.24. The van der Waals surface area contributed by atoms with Crippen LogP contribution in [0.3, 0.4) is 0 Å². The van der Waals surface area contributed by atoms with Gasteiger partial charge in [-0.15, -0.1) is 0 Å². The lowest BCUT2D eigenvalue weighted by Crippen LogP contribution is -2.48. The van der Waals surface area contributed by atoms with E-state index in [0.29, 0.717) is 12.8 Å². The first-order valence-electron chi connectivity index (χ1n) is 8.90. The van der Waals surface area contributed by atoms with E-state index in [4.69, 9.17) is 9.57 Å². The Morgan fingerprint density at radius 3 is 2.33 bits per heavy atom. The number of benzene rings is 2. The number of hydrogen-bond donors (Lipinski definition) is 1. The molecule has 1 saturated heterocycles. The van der Waals surface area contributed by atoms with E-state index in [1.54, 1.807) is 12.0 Å². The van der Waals surface area contributed by atoms with Gasteiger partial charge < -0.3 is 9.64 Å². The van der Waals surface area contributed by atoms with Gasteiger partial charge in [0.25, 0.3) is 0 Å². The van der Waals surface area contributed by atoms with Crippen molar-refractivity contribution in [2.45, 2.75) is 25.8 Å². The van der Waals surface area contributed by atoms with E-state index in [1.165, 1.54) is 7.11 Å². The number of carbonyl (C=O) groups excluding carboxylic acids is 2. The molecular weight excluding hydrogens is 344 g/mol. The lowest BCUT2D eigenvalue weighted by Gasteiger charge is -2.40. The SMILES string of the molecule is CONC(=O)C1CCC(=O)N(c2ccc(C)cc2)C1c1ccc(OC)cc1. The normalized spacial score (nSPS) is 19.7. The first kappa shape index (κ1) is 18.9. The van der Waals surface area contributed by atoms with Crippen LogP contribution in [0.15, 0.2) is 48.5 Å². The fraction of sp³-hybridized carbons (Fsp3) is 0.333. The number of rotatable bonds is 5. The van der Waals surface area contributed by atoms with Crippen molar-refractivity contribution in [3.8, 4) is 5.75 Å². The summed E-state index contributed by atoms with van der Waals surface area (Å²) in [4.78, 5) is 32.1. The van der Waals surface area contributed by atoms with Crippen LogP contribution in [-0.2, 0) is 14.4 Å². The van der Waals surface area contributed by atoms with E-state index in [1.807, 2.05) is 55.5 Å². The van der Waals surface area contributed by atoms with Crippen LogP contribution in [0.25, 0.3) is 0 Å². The van der Waals surface area contributed by atoms with Gasteiger partial charge in [-0.3, -0.25) is 14.4 Å². The Labute approximate surface area is 159 Å². The molecule has 1 N–H and O–H groups in total. The first-order chi connectivity index (χ1) is 13.0. The molecule has 27 heavy (non-hydrogen) atoms. The molecule has 2 aromatic carbocycles. The highest BCUT2D eigenvalue weighted by Gasteiger charge is 2.41. The second-order valence-corrected chi connectivity index (χ2v) is 6.63. The van der Waals surface area contributed by atoms with Crippen molar-refractivity contribution in [1.82, 2.24) is 5.48 Å². The lowest BCUT2D eigenvalue weighted by molar-refractivity contribution is -0.138. The Morgan fingerprint density at radius 1 is 1.07 bits per heavy atom. The number of piperidine rings is 1. The smallest absolute Gasteiger partial charge is 0.249 e. The standard InChI is InChI=1S/C21H24N2O4/c1-14-4-8-16(9-5-14)23-19(24)13-12-18(21(25)22-27-3)20(23)15-6-10-17(26-2)11-7-15/h4-11,18,20H,12-13H2,1-3H3,(H,22,25). The molecule has 2 aromatic rings. The largest absolute Gasteiger partial charge is 0.497 e. The highest BCUT2D eigenvalue weighted by atomic mass is 16.6. The number of amides is 2. The molecule has 2 amide bonds. The fourth-order valence-electron chi connectivity index (χ4n) is 3.54. The molecule has 0 bridgehead atoms. The summed E-state index contributed by atoms with van der Waals surface area (Å²) in [6.07, 6.45) is 0.773. The summed E-state index contributed by atoms with van der Waals surface area (Å²) in [6, 6.07) is 14.8. The maximum absolute atomic E-state index is 12.9. The van der Waals surface area contributed by atoms with Crippen LogP contribution in [0.1, 0.15) is 30.0 Å². The van der Waals surface area contributed by atoms with Gasteiger partial charge in [-0.1, -0.05) is 29.8 Å². The minimum absolute atomic E-state index is 0.00105. The minimum Gasteiger partial charge on any atom is -0.497 e. The summed E-state index contributed by atoms with van der Waals surface area (Å²) in [5.41, 5.74) is 5.20. The molecule has 1 fully saturated rings. The Morgan fingerprint density at radius 2 is 1.74 bits per heavy atom. The molecule has 1 aliphatic rings. The molecule has 0 aromatic heterocycles. The number of methoxy groups -OCH3 is 1. The summed E-state index contributed by atoms with van der Waals surface area (Å²) in [6.45, 7) is 2.00. The molecule has 0 saturated carbocycles. The summed E-state index contributed by atoms with van der Waals surface area (Å²) in [5, 5.41) is 0. The molecule has 3 rings (SSSR count). The summed E-state index contributed by atoms with van der Waals surface area (Å²) >= 11 is 0. The van der Waals surface area contributed by atoms with Crippen LogP contribution in [0, 0.1) is 12.8 Å². The van der Waals surface area contributed by atoms with E-state index in [2.05, 4.69) is 5.48 Å². The minimum atomic E-state index is -0.421. The van der Waals surface area contributed by atoms with Gasteiger partial charge in [-0.05, 0) is 43.2 Å². The van der Waals surface area contributed by atoms with E-state index in [9.17, 15) is 9.59 Å². The third-order valence-electron chi connectivity index (χ3n) is 4.91. The van der Waals surface area contributed by atoms with Crippen molar-refractivity contribution in [2.75, 3.05) is 19.1 Å². The van der Waals surface area contributed by atoms with Gasteiger partial charge in [0, 0.05) is 12.1 Å². The predicted molar refractivity (Wildman–Crippen MR) is 102 cm³/mol. The number of hydroxylamine groups is 1. The van der Waals surface area contributed by atoms with Crippen LogP contribution in [0.5, 0.6) is 5.75 Å². The third-order valence-corrected chi connectivity index (χ3v) is 4.91. The molecule has 1 aliphatic heterocycles. The molecule has 6 nitrogen and oxygen atoms in total. The maximum atomic E-state index is 12.9. The fourth-order valence-corrected chi connectivity index (χ4v) is 3.54. The van der Waals surface area contributed by atoms with E-state index < -0.39 is 12.0 Å². The highest BCUT2D eigenvalue weighted by Crippen LogP contribution is 2.40. The van der Waals surface area contributed by atoms with Gasteiger partial charge in [-0.2, -0.15) is 0 Å². The van der Waals surface area contributed by atoms with E-state index >= 15 is 0 Å². The zero-order chi connectivity index (χ0) is 19.4. The molecule has 6 heteroatoms. The average Bonchev–Trinajstić information content (AvgIpc) is 2.69. The van der Waals surface area contributed by atoms with Crippen molar-refractivity contribution < 1.29 is 19.2 Å². The molecule has 0 radical (unpaired) electrons. The quantitative estimate of drug-likeness (QED) is 0.823. The van der Waals surface area contributed by atoms with Crippen LogP contribution in [0.2, 0.25) is 0 Å². The van der Waals surface area contributed by atoms with Crippen LogP contribution in [0.4, 0.5) is 5.69 Å². The van der Waals surface area contributed by atoms with Crippen LogP contribution < -0.4 is 15.1 Å². The van der Waals surface area contributed by atoms with E-state index in [-0.39, 0.29) is 11.8 Å². The van der Waals surface area contributed by atoms with Crippen molar-refractivity contribution in [3.63, 3.8) is 0 Å². The van der Waals surface area contributed by atoms with Gasteiger partial charge in [0.2, 0.25) is 11.8 Å². The number of ether oxygens (including phenoxy) is 1. The zero-order valence-electron chi connectivity index (χ0n) is 15.8. The lowest BCUT2D eigenvalue weighted by atomic mass is 9.83. The summed E-state index contributed by atoms with van der Waals surface area (Å²) in [7, 11) is 3.01.